The number of hydrogen-bond donors (Lipinski definition) is 3. The van der Waals surface area contributed by atoms with Gasteiger partial charge in [-0.1, -0.05) is 113 Å². The predicted octanol–water partition coefficient (Wildman–Crippen LogP) is 7.50. The molecule has 0 aromatic heterocycles. The highest BCUT2D eigenvalue weighted by Crippen LogP contribution is 2.43. The van der Waals surface area contributed by atoms with E-state index in [9.17, 15) is 37.1 Å². The number of likely N-dealkylation sites (N-methyl/N-ethyl adjacent to an activating group) is 7. The van der Waals surface area contributed by atoms with Crippen LogP contribution < -0.4 is 16.0 Å². The Labute approximate surface area is 638 Å². The topological polar surface area (TPSA) is 279 Å². The maximum atomic E-state index is 15.8. The molecule has 3 saturated heterocycles. The summed E-state index contributed by atoms with van der Waals surface area (Å²) in [6.45, 7) is 12.4. The molecule has 7 rings (SSSR count). The maximum absolute atomic E-state index is 15.8. The van der Waals surface area contributed by atoms with Crippen LogP contribution >= 0.6 is 0 Å². The maximum Gasteiger partial charge on any atom is 0.394 e. The number of nitrogens with zero attached hydrogens (tertiary/aromatic N) is 9. The molecule has 4 aliphatic carbocycles. The van der Waals surface area contributed by atoms with Crippen molar-refractivity contribution < 1.29 is 79.8 Å². The zero-order valence-corrected chi connectivity index (χ0v) is 67.2. The van der Waals surface area contributed by atoms with Gasteiger partial charge in [0.05, 0.1) is 38.1 Å². The van der Waals surface area contributed by atoms with E-state index in [1.54, 1.807) is 11.8 Å². The van der Waals surface area contributed by atoms with E-state index in [4.69, 9.17) is 4.74 Å². The predicted molar refractivity (Wildman–Crippen MR) is 399 cm³/mol. The van der Waals surface area contributed by atoms with Crippen LogP contribution in [0.3, 0.4) is 0 Å². The molecule has 0 aromatic rings. The minimum atomic E-state index is -4.77. The largest absolute Gasteiger partial charge is 0.394 e. The Hall–Kier alpha value is -6.68. The van der Waals surface area contributed by atoms with Gasteiger partial charge in [0.15, 0.2) is 0 Å². The van der Waals surface area contributed by atoms with Crippen LogP contribution in [0.15, 0.2) is 0 Å². The molecular weight excluding hydrogens is 1400 g/mol. The number of ether oxygens (including phenoxy) is 1. The number of carbonyl (C=O) groups excluding carboxylic acids is 12. The second-order valence-corrected chi connectivity index (χ2v) is 34.2. The molecule has 29 heteroatoms. The number of alkyl halides is 4. The first-order valence-corrected chi connectivity index (χ1v) is 40.5. The molecular formula is C79H130F4N12O13. The second-order valence-electron chi connectivity index (χ2n) is 34.2. The summed E-state index contributed by atoms with van der Waals surface area (Å²) in [6.07, 6.45) is 2.80. The monoisotopic (exact) mass is 1530 g/mol. The molecule has 25 nitrogen and oxygen atoms in total. The molecule has 1 spiro atoms. The number of piperidine rings is 1. The Bertz CT molecular complexity index is 3100. The normalized spacial score (nSPS) is 30.7. The highest BCUT2D eigenvalue weighted by molar-refractivity contribution is 6.00. The summed E-state index contributed by atoms with van der Waals surface area (Å²) in [7, 11) is 9.91. The van der Waals surface area contributed by atoms with Gasteiger partial charge < -0.3 is 64.8 Å². The number of carbonyl (C=O) groups is 12. The van der Waals surface area contributed by atoms with Gasteiger partial charge in [0.25, 0.3) is 0 Å². The minimum Gasteiger partial charge on any atom is -0.376 e. The molecule has 612 valence electrons. The second kappa shape index (κ2) is 40.0. The first-order valence-electron chi connectivity index (χ1n) is 40.5. The van der Waals surface area contributed by atoms with Crippen LogP contribution in [0.1, 0.15) is 222 Å². The van der Waals surface area contributed by atoms with E-state index in [-0.39, 0.29) is 88.0 Å². The van der Waals surface area contributed by atoms with E-state index in [1.807, 2.05) is 34.6 Å². The smallest absolute Gasteiger partial charge is 0.376 e. The van der Waals surface area contributed by atoms with Crippen molar-refractivity contribution >= 4 is 70.9 Å². The number of amides is 12. The van der Waals surface area contributed by atoms with Gasteiger partial charge in [0, 0.05) is 82.0 Å². The lowest BCUT2D eigenvalue weighted by Crippen LogP contribution is -2.64. The van der Waals surface area contributed by atoms with E-state index < -0.39 is 194 Å². The fraction of sp³-hybridized carbons (Fsp3) is 0.848. The highest BCUT2D eigenvalue weighted by Gasteiger charge is 2.53. The van der Waals surface area contributed by atoms with Gasteiger partial charge in [-0.2, -0.15) is 13.2 Å². The summed E-state index contributed by atoms with van der Waals surface area (Å²) in [5.41, 5.74) is -1.64. The van der Waals surface area contributed by atoms with Gasteiger partial charge in [-0.15, -0.1) is 0 Å². The zero-order chi connectivity index (χ0) is 79.8. The van der Waals surface area contributed by atoms with Crippen molar-refractivity contribution in [2.75, 3.05) is 95.2 Å². The van der Waals surface area contributed by atoms with E-state index in [0.717, 1.165) is 78.9 Å². The van der Waals surface area contributed by atoms with Gasteiger partial charge in [-0.3, -0.25) is 57.5 Å². The molecule has 3 unspecified atom stereocenters. The summed E-state index contributed by atoms with van der Waals surface area (Å²) in [4.78, 5) is 193. The van der Waals surface area contributed by atoms with Crippen LogP contribution in [0.4, 0.5) is 17.6 Å². The zero-order valence-electron chi connectivity index (χ0n) is 67.2. The average Bonchev–Trinajstić information content (AvgIpc) is 1.56. The number of nitrogens with one attached hydrogen (secondary N) is 3. The van der Waals surface area contributed by atoms with Gasteiger partial charge in [0.1, 0.15) is 54.0 Å². The Morgan fingerprint density at radius 2 is 1.16 bits per heavy atom. The van der Waals surface area contributed by atoms with Crippen LogP contribution in [0, 0.1) is 47.3 Å². The van der Waals surface area contributed by atoms with E-state index in [2.05, 4.69) is 22.9 Å². The third kappa shape index (κ3) is 23.5. The van der Waals surface area contributed by atoms with E-state index in [1.165, 1.54) is 73.8 Å². The third-order valence-corrected chi connectivity index (χ3v) is 24.8. The van der Waals surface area contributed by atoms with Crippen LogP contribution in [0.5, 0.6) is 0 Å². The van der Waals surface area contributed by atoms with Crippen molar-refractivity contribution in [3.05, 3.63) is 0 Å². The lowest BCUT2D eigenvalue weighted by molar-refractivity contribution is -0.201. The third-order valence-electron chi connectivity index (χ3n) is 24.8. The first-order chi connectivity index (χ1) is 50.9. The fourth-order valence-electron chi connectivity index (χ4n) is 17.5. The Morgan fingerprint density at radius 3 is 1.76 bits per heavy atom. The number of likely N-dealkylation sites (tertiary alicyclic amines) is 1. The first kappa shape index (κ1) is 88.5. The SMILES string of the molecule is CC[C@H](C)[C@@H]1NC(=O)[C@H](CC(C)C)N(C)C(=O)C[C@@H](C(=O)N2CCCCC2)N(C)C(=O)[C@H](CC(C)C)N(C)C(=O)C2(CCCC2)NC(=O)[C@@H]2C[C@H](OCC3CCC(C)CC3)CN2C(=O)[C@H](CCC2CCC(C(F)(F)F)C(F)C2)NC(=O)CN(C)C(=O)[C@H](CC2CCCCC2)N(C)C(=O)CN(C)C(=O)CN(C)C1=O. The summed E-state index contributed by atoms with van der Waals surface area (Å²) < 4.78 is 64.3. The number of halogens is 4. The van der Waals surface area contributed by atoms with E-state index in [0.29, 0.717) is 57.7 Å². The minimum absolute atomic E-state index is 0.000329. The number of hydrogen-bond acceptors (Lipinski definition) is 13. The number of fused-ring (bicyclic) bond motifs is 1. The summed E-state index contributed by atoms with van der Waals surface area (Å²) in [5.74, 6) is -11.0. The molecule has 7 fully saturated rings. The average molecular weight is 1530 g/mol. The molecule has 0 aromatic carbocycles. The molecule has 3 aliphatic heterocycles. The summed E-state index contributed by atoms with van der Waals surface area (Å²) in [5, 5.41) is 8.84. The fourth-order valence-corrected chi connectivity index (χ4v) is 17.5. The van der Waals surface area contributed by atoms with Crippen molar-refractivity contribution in [2.24, 2.45) is 47.3 Å². The van der Waals surface area contributed by atoms with Crippen LogP contribution in [0.25, 0.3) is 0 Å². The Kier molecular flexibility index (Phi) is 32.8. The molecule has 4 saturated carbocycles. The van der Waals surface area contributed by atoms with Crippen LogP contribution in [-0.2, 0) is 62.3 Å². The van der Waals surface area contributed by atoms with Crippen molar-refractivity contribution in [1.82, 2.24) is 60.0 Å². The van der Waals surface area contributed by atoms with Crippen molar-refractivity contribution in [3.8, 4) is 0 Å². The van der Waals surface area contributed by atoms with Gasteiger partial charge in [0.2, 0.25) is 70.9 Å². The van der Waals surface area contributed by atoms with Gasteiger partial charge in [-0.05, 0) is 138 Å². The van der Waals surface area contributed by atoms with Crippen molar-refractivity contribution in [3.63, 3.8) is 0 Å². The summed E-state index contributed by atoms with van der Waals surface area (Å²) in [6, 6.07) is -9.08. The molecule has 7 aliphatic rings. The number of rotatable bonds is 15. The lowest BCUT2D eigenvalue weighted by Gasteiger charge is -2.41. The Morgan fingerprint density at radius 1 is 0.574 bits per heavy atom. The molecule has 3 N–H and O–H groups in total. The van der Waals surface area contributed by atoms with Crippen molar-refractivity contribution in [1.29, 1.82) is 0 Å². The van der Waals surface area contributed by atoms with E-state index >= 15 is 38.0 Å². The summed E-state index contributed by atoms with van der Waals surface area (Å²) >= 11 is 0. The van der Waals surface area contributed by atoms with Crippen LogP contribution in [0.2, 0.25) is 0 Å². The molecule has 12 amide bonds. The van der Waals surface area contributed by atoms with Crippen LogP contribution in [-0.4, -0.2) is 276 Å². The molecule has 0 bridgehead atoms. The molecule has 108 heavy (non-hydrogen) atoms. The molecule has 12 atom stereocenters. The van der Waals surface area contributed by atoms with Gasteiger partial charge in [-0.25, -0.2) is 4.39 Å². The lowest BCUT2D eigenvalue weighted by atomic mass is 9.78. The highest BCUT2D eigenvalue weighted by atomic mass is 19.4. The Balaban J connectivity index is 1.31. The van der Waals surface area contributed by atoms with Crippen molar-refractivity contribution in [2.45, 2.75) is 288 Å². The molecule has 0 radical (unpaired) electrons. The quantitative estimate of drug-likeness (QED) is 0.134. The van der Waals surface area contributed by atoms with Gasteiger partial charge >= 0.3 is 6.18 Å². The molecule has 3 heterocycles. The standard InChI is InChI=1S/C79H130F4N12O13/c1-15-52(7)69-76(106)89(10)46-67(98)87(8)47-68(99)91(12)63(41-53-24-18-16-19-25-53)73(103)88(9)45-65(96)84-59(33-31-54-30-32-57(58(80)40-54)79(81,82)83)72(102)95-44-56(108-48-55-28-26-51(6)27-29-55)42-61(95)71(101)86-78(34-20-21-35-78)77(107)93(14)62(39-50(4)5)74(104)92(13)64(75(105)94-36-22-17-23-37-94)43-66(97)90(11)60(38-49(2)3)70(100)85-69/h49-64,69H,15-48H2,1-14H3,(H,84,96)(H,85,100)(H,86,101)/t51?,52-,54?,55?,56-,57?,58?,59-,60-,61-,62-,63-,64-,69-/m0/s1.